The molecule has 1 aliphatic rings. The van der Waals surface area contributed by atoms with Crippen LogP contribution in [-0.4, -0.2) is 50.0 Å². The maximum atomic E-state index is 13.0. The van der Waals surface area contributed by atoms with E-state index in [4.69, 9.17) is 11.6 Å². The normalized spacial score (nSPS) is 14.9. The number of imide groups is 1. The lowest BCUT2D eigenvalue weighted by molar-refractivity contribution is -0.122. The summed E-state index contributed by atoms with van der Waals surface area (Å²) in [4.78, 5) is 38.3. The summed E-state index contributed by atoms with van der Waals surface area (Å²) < 4.78 is 14.4. The van der Waals surface area contributed by atoms with Crippen molar-refractivity contribution in [2.24, 2.45) is 0 Å². The number of carbonyl (C=O) groups is 3. The number of aromatic nitrogens is 3. The Morgan fingerprint density at radius 1 is 1.16 bits per heavy atom. The summed E-state index contributed by atoms with van der Waals surface area (Å²) in [7, 11) is 0. The highest BCUT2D eigenvalue weighted by Gasteiger charge is 2.34. The quantitative estimate of drug-likeness (QED) is 0.552. The average molecular weight is 472 g/mol. The van der Waals surface area contributed by atoms with Gasteiger partial charge in [0, 0.05) is 13.1 Å². The van der Waals surface area contributed by atoms with E-state index in [2.05, 4.69) is 15.6 Å². The van der Waals surface area contributed by atoms with Gasteiger partial charge in [-0.25, -0.2) is 9.07 Å². The Hall–Kier alpha value is -3.50. The molecule has 1 aromatic heterocycles. The van der Waals surface area contributed by atoms with Crippen LogP contribution >= 0.6 is 23.4 Å². The molecule has 162 valence electrons. The Labute approximate surface area is 191 Å². The van der Waals surface area contributed by atoms with Crippen LogP contribution in [0.3, 0.4) is 0 Å². The Morgan fingerprint density at radius 3 is 2.66 bits per heavy atom. The lowest BCUT2D eigenvalue weighted by Gasteiger charge is -2.12. The Bertz CT molecular complexity index is 1230. The fourth-order valence-electron chi connectivity index (χ4n) is 2.90. The van der Waals surface area contributed by atoms with Crippen LogP contribution in [0.5, 0.6) is 0 Å². The van der Waals surface area contributed by atoms with E-state index in [1.165, 1.54) is 41.2 Å². The van der Waals surface area contributed by atoms with Crippen LogP contribution in [0.1, 0.15) is 16.1 Å². The fraction of sp³-hybridized carbons (Fsp3) is 0.0952. The third-order valence-electron chi connectivity index (χ3n) is 4.49. The van der Waals surface area contributed by atoms with Gasteiger partial charge < -0.3 is 5.32 Å². The van der Waals surface area contributed by atoms with Crippen molar-refractivity contribution in [3.05, 3.63) is 81.7 Å². The van der Waals surface area contributed by atoms with Gasteiger partial charge in [0.2, 0.25) is 0 Å². The third kappa shape index (κ3) is 4.71. The average Bonchev–Trinajstić information content (AvgIpc) is 3.36. The number of hydrogen-bond donors (Lipinski definition) is 1. The molecule has 1 aliphatic heterocycles. The Morgan fingerprint density at radius 2 is 1.91 bits per heavy atom. The largest absolute Gasteiger partial charge is 0.349 e. The van der Waals surface area contributed by atoms with Crippen molar-refractivity contribution in [2.75, 3.05) is 13.1 Å². The van der Waals surface area contributed by atoms with Crippen molar-refractivity contribution in [3.8, 4) is 5.69 Å². The van der Waals surface area contributed by atoms with Crippen molar-refractivity contribution < 1.29 is 18.8 Å². The van der Waals surface area contributed by atoms with Gasteiger partial charge in [-0.15, -0.1) is 5.10 Å². The second-order valence-corrected chi connectivity index (χ2v) is 8.04. The van der Waals surface area contributed by atoms with Crippen LogP contribution in [0.25, 0.3) is 11.8 Å². The zero-order valence-electron chi connectivity index (χ0n) is 16.4. The highest BCUT2D eigenvalue weighted by molar-refractivity contribution is 8.18. The van der Waals surface area contributed by atoms with Gasteiger partial charge in [0.1, 0.15) is 5.82 Å². The smallest absolute Gasteiger partial charge is 0.293 e. The highest BCUT2D eigenvalue weighted by atomic mass is 35.5. The molecule has 0 bridgehead atoms. The molecule has 2 heterocycles. The molecule has 0 unspecified atom stereocenters. The predicted molar refractivity (Wildman–Crippen MR) is 118 cm³/mol. The summed E-state index contributed by atoms with van der Waals surface area (Å²) >= 11 is 6.91. The number of para-hydroxylation sites is 1. The summed E-state index contributed by atoms with van der Waals surface area (Å²) in [5, 5.41) is 10.4. The van der Waals surface area contributed by atoms with Gasteiger partial charge in [-0.2, -0.15) is 0 Å². The molecule has 0 spiro atoms. The standard InChI is InChI=1S/C21H15ClFN5O3S/c22-15-3-1-2-4-17(15)28-12-16(25-26-28)19(29)24-9-10-27-20(30)18(32-21(27)31)11-13-5-7-14(23)8-6-13/h1-8,11-12H,9-10H2,(H,24,29)/b18-11-. The first kappa shape index (κ1) is 21.7. The van der Waals surface area contributed by atoms with E-state index in [9.17, 15) is 18.8 Å². The molecular weight excluding hydrogens is 457 g/mol. The molecule has 3 aromatic rings. The van der Waals surface area contributed by atoms with Gasteiger partial charge in [-0.1, -0.05) is 41.1 Å². The lowest BCUT2D eigenvalue weighted by atomic mass is 10.2. The summed E-state index contributed by atoms with van der Waals surface area (Å²) in [5.41, 5.74) is 1.24. The zero-order chi connectivity index (χ0) is 22.7. The molecule has 32 heavy (non-hydrogen) atoms. The number of benzene rings is 2. The summed E-state index contributed by atoms with van der Waals surface area (Å²) in [6.07, 6.45) is 2.96. The van der Waals surface area contributed by atoms with Crippen LogP contribution in [0.2, 0.25) is 5.02 Å². The minimum atomic E-state index is -0.503. The number of hydrogen-bond acceptors (Lipinski definition) is 6. The zero-order valence-corrected chi connectivity index (χ0v) is 17.9. The van der Waals surface area contributed by atoms with Gasteiger partial charge in [0.25, 0.3) is 17.1 Å². The van der Waals surface area contributed by atoms with E-state index in [0.29, 0.717) is 16.3 Å². The van der Waals surface area contributed by atoms with Crippen LogP contribution in [0.15, 0.2) is 59.6 Å². The number of thioether (sulfide) groups is 1. The van der Waals surface area contributed by atoms with Gasteiger partial charge in [-0.05, 0) is 47.7 Å². The van der Waals surface area contributed by atoms with Gasteiger partial charge in [-0.3, -0.25) is 19.3 Å². The van der Waals surface area contributed by atoms with Crippen LogP contribution < -0.4 is 5.32 Å². The van der Waals surface area contributed by atoms with E-state index in [1.807, 2.05) is 0 Å². The van der Waals surface area contributed by atoms with Crippen molar-refractivity contribution in [2.45, 2.75) is 0 Å². The second-order valence-electron chi connectivity index (χ2n) is 6.64. The monoisotopic (exact) mass is 471 g/mol. The summed E-state index contributed by atoms with van der Waals surface area (Å²) in [6.45, 7) is 0.0372. The van der Waals surface area contributed by atoms with E-state index in [1.54, 1.807) is 24.3 Å². The van der Waals surface area contributed by atoms with Crippen molar-refractivity contribution in [1.29, 1.82) is 0 Å². The molecule has 0 aliphatic carbocycles. The molecular formula is C21H15ClFN5O3S. The molecule has 0 atom stereocenters. The van der Waals surface area contributed by atoms with Crippen LogP contribution in [0.4, 0.5) is 9.18 Å². The molecule has 1 saturated heterocycles. The molecule has 1 fully saturated rings. The van der Waals surface area contributed by atoms with Crippen molar-refractivity contribution >= 4 is 46.5 Å². The molecule has 0 saturated carbocycles. The molecule has 1 N–H and O–H groups in total. The van der Waals surface area contributed by atoms with E-state index >= 15 is 0 Å². The first-order chi connectivity index (χ1) is 15.4. The molecule has 11 heteroatoms. The predicted octanol–water partition coefficient (Wildman–Crippen LogP) is 3.53. The fourth-order valence-corrected chi connectivity index (χ4v) is 3.99. The Balaban J connectivity index is 1.35. The van der Waals surface area contributed by atoms with Gasteiger partial charge in [0.15, 0.2) is 5.69 Å². The number of nitrogens with one attached hydrogen (secondary N) is 1. The first-order valence-electron chi connectivity index (χ1n) is 9.39. The number of nitrogens with zero attached hydrogens (tertiary/aromatic N) is 4. The maximum absolute atomic E-state index is 13.0. The first-order valence-corrected chi connectivity index (χ1v) is 10.6. The summed E-state index contributed by atoms with van der Waals surface area (Å²) in [5.74, 6) is -1.36. The number of rotatable bonds is 6. The van der Waals surface area contributed by atoms with E-state index in [0.717, 1.165) is 16.7 Å². The molecule has 3 amide bonds. The number of carbonyl (C=O) groups excluding carboxylic acids is 3. The van der Waals surface area contributed by atoms with Gasteiger partial charge in [0.05, 0.1) is 21.8 Å². The molecule has 4 rings (SSSR count). The number of halogens is 2. The summed E-state index contributed by atoms with van der Waals surface area (Å²) in [6, 6.07) is 12.6. The highest BCUT2D eigenvalue weighted by Crippen LogP contribution is 2.31. The van der Waals surface area contributed by atoms with E-state index in [-0.39, 0.29) is 23.7 Å². The minimum Gasteiger partial charge on any atom is -0.349 e. The van der Waals surface area contributed by atoms with Crippen molar-refractivity contribution in [1.82, 2.24) is 25.2 Å². The minimum absolute atomic E-state index is 0.00415. The van der Waals surface area contributed by atoms with Crippen molar-refractivity contribution in [3.63, 3.8) is 0 Å². The Kier molecular flexibility index (Phi) is 6.33. The molecule has 8 nitrogen and oxygen atoms in total. The van der Waals surface area contributed by atoms with Crippen LogP contribution in [0, 0.1) is 5.82 Å². The second kappa shape index (κ2) is 9.33. The lowest BCUT2D eigenvalue weighted by Crippen LogP contribution is -2.37. The van der Waals surface area contributed by atoms with Gasteiger partial charge >= 0.3 is 0 Å². The molecule has 0 radical (unpaired) electrons. The SMILES string of the molecule is O=C(NCCN1C(=O)S/C(=C\c2ccc(F)cc2)C1=O)c1cn(-c2ccccc2Cl)nn1. The number of amides is 3. The maximum Gasteiger partial charge on any atom is 0.293 e. The molecule has 2 aromatic carbocycles. The van der Waals surface area contributed by atoms with E-state index < -0.39 is 22.9 Å². The third-order valence-corrected chi connectivity index (χ3v) is 5.71. The topological polar surface area (TPSA) is 97.2 Å². The van der Waals surface area contributed by atoms with Crippen LogP contribution in [-0.2, 0) is 4.79 Å².